The monoisotopic (exact) mass is 270 g/mol. The molecule has 0 fully saturated rings. The molecule has 0 aromatic carbocycles. The molecule has 0 aliphatic carbocycles. The van der Waals surface area contributed by atoms with Crippen LogP contribution in [-0.4, -0.2) is 18.1 Å². The van der Waals surface area contributed by atoms with Crippen LogP contribution in [0.2, 0.25) is 5.02 Å². The lowest BCUT2D eigenvalue weighted by Gasteiger charge is -2.08. The first-order chi connectivity index (χ1) is 8.77. The molecule has 0 unspecified atom stereocenters. The Morgan fingerprint density at radius 2 is 2.06 bits per heavy atom. The second-order valence-electron chi connectivity index (χ2n) is 4.27. The number of aromatic nitrogens is 1. The number of pyridine rings is 1. The van der Waals surface area contributed by atoms with Gasteiger partial charge in [0.1, 0.15) is 5.82 Å². The van der Waals surface area contributed by atoms with Gasteiger partial charge in [-0.3, -0.25) is 0 Å². The summed E-state index contributed by atoms with van der Waals surface area (Å²) in [4.78, 5) is 4.43. The largest absolute Gasteiger partial charge is 0.375 e. The average molecular weight is 271 g/mol. The number of nitrogens with zero attached hydrogens (tertiary/aromatic N) is 1. The van der Waals surface area contributed by atoms with Crippen molar-refractivity contribution in [3.05, 3.63) is 22.8 Å². The zero-order valence-electron chi connectivity index (χ0n) is 11.3. The summed E-state index contributed by atoms with van der Waals surface area (Å²) in [6.45, 7) is 6.37. The third-order valence-corrected chi connectivity index (χ3v) is 3.00. The molecule has 18 heavy (non-hydrogen) atoms. The number of ether oxygens (including phenoxy) is 1. The first-order valence-electron chi connectivity index (χ1n) is 6.75. The Morgan fingerprint density at radius 3 is 2.78 bits per heavy atom. The van der Waals surface area contributed by atoms with Gasteiger partial charge in [0.25, 0.3) is 0 Å². The maximum atomic E-state index is 6.09. The Balaban J connectivity index is 2.34. The van der Waals surface area contributed by atoms with Crippen LogP contribution in [0.3, 0.4) is 0 Å². The fraction of sp³-hybridized carbons (Fsp3) is 0.643. The SMILES string of the molecule is CCCCCCOCc1nc(NCC)ccc1Cl. The highest BCUT2D eigenvalue weighted by atomic mass is 35.5. The summed E-state index contributed by atoms with van der Waals surface area (Å²) in [5.74, 6) is 0.853. The molecular weight excluding hydrogens is 248 g/mol. The van der Waals surface area contributed by atoms with Crippen molar-refractivity contribution < 1.29 is 4.74 Å². The molecule has 0 bridgehead atoms. The number of unbranched alkanes of at least 4 members (excludes halogenated alkanes) is 3. The molecule has 0 saturated heterocycles. The minimum Gasteiger partial charge on any atom is -0.375 e. The third-order valence-electron chi connectivity index (χ3n) is 2.66. The topological polar surface area (TPSA) is 34.1 Å². The van der Waals surface area contributed by atoms with Gasteiger partial charge in [0, 0.05) is 13.2 Å². The van der Waals surface area contributed by atoms with Gasteiger partial charge in [0.2, 0.25) is 0 Å². The van der Waals surface area contributed by atoms with Crippen molar-refractivity contribution in [1.82, 2.24) is 4.98 Å². The molecule has 0 spiro atoms. The van der Waals surface area contributed by atoms with E-state index in [2.05, 4.69) is 17.2 Å². The molecule has 0 radical (unpaired) electrons. The zero-order valence-corrected chi connectivity index (χ0v) is 12.1. The highest BCUT2D eigenvalue weighted by molar-refractivity contribution is 6.31. The molecule has 1 aromatic heterocycles. The van der Waals surface area contributed by atoms with Crippen LogP contribution in [0.4, 0.5) is 5.82 Å². The number of nitrogens with one attached hydrogen (secondary N) is 1. The Labute approximate surface area is 115 Å². The lowest BCUT2D eigenvalue weighted by atomic mass is 10.2. The van der Waals surface area contributed by atoms with E-state index < -0.39 is 0 Å². The van der Waals surface area contributed by atoms with Gasteiger partial charge in [-0.25, -0.2) is 4.98 Å². The number of anilines is 1. The molecule has 1 aromatic rings. The van der Waals surface area contributed by atoms with Crippen LogP contribution in [-0.2, 0) is 11.3 Å². The van der Waals surface area contributed by atoms with Crippen molar-refractivity contribution in [3.63, 3.8) is 0 Å². The molecule has 3 nitrogen and oxygen atoms in total. The Bertz CT molecular complexity index is 345. The molecule has 0 saturated carbocycles. The second-order valence-corrected chi connectivity index (χ2v) is 4.68. The molecule has 0 aliphatic heterocycles. The molecular formula is C14H23ClN2O. The molecule has 1 heterocycles. The number of halogens is 1. The van der Waals surface area contributed by atoms with Gasteiger partial charge < -0.3 is 10.1 Å². The van der Waals surface area contributed by atoms with E-state index in [0.717, 1.165) is 31.1 Å². The molecule has 0 atom stereocenters. The van der Waals surface area contributed by atoms with Crippen molar-refractivity contribution in [2.75, 3.05) is 18.5 Å². The lowest BCUT2D eigenvalue weighted by molar-refractivity contribution is 0.114. The molecule has 102 valence electrons. The maximum absolute atomic E-state index is 6.09. The van der Waals surface area contributed by atoms with E-state index in [0.29, 0.717) is 11.6 Å². The van der Waals surface area contributed by atoms with Gasteiger partial charge in [-0.2, -0.15) is 0 Å². The fourth-order valence-electron chi connectivity index (χ4n) is 1.66. The highest BCUT2D eigenvalue weighted by Gasteiger charge is 2.03. The molecule has 1 N–H and O–H groups in total. The van der Waals surface area contributed by atoms with Crippen LogP contribution >= 0.6 is 11.6 Å². The average Bonchev–Trinajstić information content (AvgIpc) is 2.37. The molecule has 1 rings (SSSR count). The molecule has 0 amide bonds. The molecule has 0 aliphatic rings. The van der Waals surface area contributed by atoms with Crippen LogP contribution in [0.25, 0.3) is 0 Å². The normalized spacial score (nSPS) is 10.6. The summed E-state index contributed by atoms with van der Waals surface area (Å²) in [5, 5.41) is 3.84. The van der Waals surface area contributed by atoms with Gasteiger partial charge in [-0.15, -0.1) is 0 Å². The summed E-state index contributed by atoms with van der Waals surface area (Å²) >= 11 is 6.09. The summed E-state index contributed by atoms with van der Waals surface area (Å²) in [7, 11) is 0. The van der Waals surface area contributed by atoms with E-state index in [4.69, 9.17) is 16.3 Å². The van der Waals surface area contributed by atoms with E-state index >= 15 is 0 Å². The van der Waals surface area contributed by atoms with E-state index in [1.165, 1.54) is 19.3 Å². The Hall–Kier alpha value is -0.800. The predicted molar refractivity (Wildman–Crippen MR) is 77.2 cm³/mol. The summed E-state index contributed by atoms with van der Waals surface area (Å²) in [5.41, 5.74) is 0.811. The fourth-order valence-corrected chi connectivity index (χ4v) is 1.82. The van der Waals surface area contributed by atoms with Crippen LogP contribution in [0.15, 0.2) is 12.1 Å². The van der Waals surface area contributed by atoms with Crippen molar-refractivity contribution in [2.24, 2.45) is 0 Å². The smallest absolute Gasteiger partial charge is 0.126 e. The summed E-state index contributed by atoms with van der Waals surface area (Å²) in [6.07, 6.45) is 4.86. The quantitative estimate of drug-likeness (QED) is 0.681. The van der Waals surface area contributed by atoms with Gasteiger partial charge in [0.05, 0.1) is 17.3 Å². The van der Waals surface area contributed by atoms with Crippen LogP contribution in [0.1, 0.15) is 45.2 Å². The van der Waals surface area contributed by atoms with Gasteiger partial charge in [0.15, 0.2) is 0 Å². The van der Waals surface area contributed by atoms with E-state index in [9.17, 15) is 0 Å². The first kappa shape index (κ1) is 15.3. The first-order valence-corrected chi connectivity index (χ1v) is 7.12. The molecule has 4 heteroatoms. The highest BCUT2D eigenvalue weighted by Crippen LogP contribution is 2.17. The van der Waals surface area contributed by atoms with Crippen molar-refractivity contribution in [3.8, 4) is 0 Å². The minimum atomic E-state index is 0.490. The third kappa shape index (κ3) is 5.69. The van der Waals surface area contributed by atoms with E-state index in [-0.39, 0.29) is 0 Å². The van der Waals surface area contributed by atoms with Gasteiger partial charge in [-0.1, -0.05) is 37.8 Å². The number of hydrogen-bond donors (Lipinski definition) is 1. The van der Waals surface area contributed by atoms with E-state index in [1.807, 2.05) is 19.1 Å². The summed E-state index contributed by atoms with van der Waals surface area (Å²) < 4.78 is 5.61. The maximum Gasteiger partial charge on any atom is 0.126 e. The Kier molecular flexibility index (Phi) is 7.78. The van der Waals surface area contributed by atoms with Crippen molar-refractivity contribution in [1.29, 1.82) is 0 Å². The van der Waals surface area contributed by atoms with E-state index in [1.54, 1.807) is 0 Å². The van der Waals surface area contributed by atoms with Crippen LogP contribution in [0, 0.1) is 0 Å². The van der Waals surface area contributed by atoms with Crippen molar-refractivity contribution >= 4 is 17.4 Å². The van der Waals surface area contributed by atoms with Crippen LogP contribution in [0.5, 0.6) is 0 Å². The standard InChI is InChI=1S/C14H23ClN2O/c1-3-5-6-7-10-18-11-13-12(15)8-9-14(17-13)16-4-2/h8-9H,3-7,10-11H2,1-2H3,(H,16,17). The van der Waals surface area contributed by atoms with Crippen molar-refractivity contribution in [2.45, 2.75) is 46.1 Å². The minimum absolute atomic E-state index is 0.490. The number of hydrogen-bond acceptors (Lipinski definition) is 3. The second kappa shape index (κ2) is 9.17. The zero-order chi connectivity index (χ0) is 13.2. The lowest BCUT2D eigenvalue weighted by Crippen LogP contribution is -2.03. The predicted octanol–water partition coefficient (Wildman–Crippen LogP) is 4.26. The van der Waals surface area contributed by atoms with Gasteiger partial charge in [-0.05, 0) is 25.5 Å². The van der Waals surface area contributed by atoms with Crippen LogP contribution < -0.4 is 5.32 Å². The summed E-state index contributed by atoms with van der Waals surface area (Å²) in [6, 6.07) is 3.75. The Morgan fingerprint density at radius 1 is 1.22 bits per heavy atom. The number of rotatable bonds is 9. The van der Waals surface area contributed by atoms with Gasteiger partial charge >= 0.3 is 0 Å².